The average molecular weight is 364 g/mol. The first-order chi connectivity index (χ1) is 12.7. The van der Waals surface area contributed by atoms with Gasteiger partial charge >= 0.3 is 0 Å². The first kappa shape index (κ1) is 17.5. The topological polar surface area (TPSA) is 69.0 Å². The molecule has 1 amide bonds. The van der Waals surface area contributed by atoms with Crippen molar-refractivity contribution >= 4 is 16.9 Å². The van der Waals surface area contributed by atoms with Crippen molar-refractivity contribution in [3.63, 3.8) is 0 Å². The molecule has 0 aliphatic carbocycles. The molecule has 2 aromatic heterocycles. The van der Waals surface area contributed by atoms with E-state index >= 15 is 0 Å². The van der Waals surface area contributed by atoms with Gasteiger partial charge < -0.3 is 10.1 Å². The van der Waals surface area contributed by atoms with E-state index in [1.807, 2.05) is 65.1 Å². The molecule has 1 aliphatic rings. The second-order valence-electron chi connectivity index (χ2n) is 7.85. The minimum absolute atomic E-state index is 0.112. The molecule has 1 atom stereocenters. The zero-order valence-electron chi connectivity index (χ0n) is 16.3. The molecular formula is C21H24N4O2. The van der Waals surface area contributed by atoms with Gasteiger partial charge in [0.25, 0.3) is 5.91 Å². The van der Waals surface area contributed by atoms with Gasteiger partial charge in [-0.05, 0) is 39.8 Å². The predicted octanol–water partition coefficient (Wildman–Crippen LogP) is 3.62. The number of carbonyl (C=O) groups excluding carboxylic acids is 1. The van der Waals surface area contributed by atoms with Crippen LogP contribution < -0.4 is 10.1 Å². The molecule has 0 radical (unpaired) electrons. The quantitative estimate of drug-likeness (QED) is 0.754. The minimum Gasteiger partial charge on any atom is -0.487 e. The van der Waals surface area contributed by atoms with Gasteiger partial charge in [-0.15, -0.1) is 0 Å². The summed E-state index contributed by atoms with van der Waals surface area (Å²) < 4.78 is 7.80. The van der Waals surface area contributed by atoms with Gasteiger partial charge in [0, 0.05) is 24.7 Å². The number of benzene rings is 1. The number of ether oxygens (including phenoxy) is 1. The summed E-state index contributed by atoms with van der Waals surface area (Å²) in [5, 5.41) is 8.46. The third-order valence-corrected chi connectivity index (χ3v) is 5.02. The van der Waals surface area contributed by atoms with Gasteiger partial charge in [-0.1, -0.05) is 18.2 Å². The Labute approximate surface area is 158 Å². The monoisotopic (exact) mass is 364 g/mol. The molecule has 6 nitrogen and oxygen atoms in total. The normalized spacial score (nSPS) is 18.0. The number of carbonyl (C=O) groups is 1. The van der Waals surface area contributed by atoms with Crippen LogP contribution in [-0.4, -0.2) is 26.3 Å². The molecular weight excluding hydrogens is 340 g/mol. The molecule has 3 aromatic rings. The van der Waals surface area contributed by atoms with Gasteiger partial charge in [-0.2, -0.15) is 5.10 Å². The summed E-state index contributed by atoms with van der Waals surface area (Å²) in [6.07, 6.45) is 0.703. The Balaban J connectivity index is 1.74. The average Bonchev–Trinajstić information content (AvgIpc) is 2.87. The summed E-state index contributed by atoms with van der Waals surface area (Å²) in [5.41, 5.74) is 3.60. The molecule has 140 valence electrons. The van der Waals surface area contributed by atoms with E-state index in [4.69, 9.17) is 4.74 Å². The van der Waals surface area contributed by atoms with Gasteiger partial charge in [0.1, 0.15) is 11.4 Å². The van der Waals surface area contributed by atoms with Crippen LogP contribution in [0.4, 0.5) is 0 Å². The first-order valence-corrected chi connectivity index (χ1v) is 9.15. The van der Waals surface area contributed by atoms with Crippen molar-refractivity contribution in [1.82, 2.24) is 20.1 Å². The highest BCUT2D eigenvalue weighted by molar-refractivity contribution is 6.06. The fraction of sp³-hybridized carbons (Fsp3) is 0.381. The van der Waals surface area contributed by atoms with E-state index in [-0.39, 0.29) is 17.6 Å². The smallest absolute Gasteiger partial charge is 0.252 e. The standard InChI is InChI=1S/C21H24N4O2/c1-12-10-15(18-13(2)24-25(5)19(18)22-12)20(26)23-16-11-21(3,4)27-17-9-7-6-8-14(16)17/h6-10,16H,11H2,1-5H3,(H,23,26)/t16-/m1/s1. The second-order valence-corrected chi connectivity index (χ2v) is 7.85. The highest BCUT2D eigenvalue weighted by Gasteiger charge is 2.34. The van der Waals surface area contributed by atoms with Crippen molar-refractivity contribution in [3.05, 3.63) is 52.8 Å². The molecule has 0 spiro atoms. The van der Waals surface area contributed by atoms with Gasteiger partial charge in [0.15, 0.2) is 5.65 Å². The summed E-state index contributed by atoms with van der Waals surface area (Å²) in [4.78, 5) is 17.8. The summed E-state index contributed by atoms with van der Waals surface area (Å²) in [5.74, 6) is 0.715. The lowest BCUT2D eigenvalue weighted by molar-refractivity contribution is 0.0620. The Morgan fingerprint density at radius 1 is 1.30 bits per heavy atom. The van der Waals surface area contributed by atoms with E-state index in [0.717, 1.165) is 33.7 Å². The Morgan fingerprint density at radius 3 is 2.81 bits per heavy atom. The number of aromatic nitrogens is 3. The molecule has 0 fully saturated rings. The molecule has 0 saturated heterocycles. The van der Waals surface area contributed by atoms with Crippen LogP contribution in [0.2, 0.25) is 0 Å². The third-order valence-electron chi connectivity index (χ3n) is 5.02. The summed E-state index contributed by atoms with van der Waals surface area (Å²) in [6.45, 7) is 7.89. The molecule has 0 bridgehead atoms. The third kappa shape index (κ3) is 3.05. The van der Waals surface area contributed by atoms with Crippen LogP contribution >= 0.6 is 0 Å². The number of pyridine rings is 1. The van der Waals surface area contributed by atoms with Crippen molar-refractivity contribution in [1.29, 1.82) is 0 Å². The Morgan fingerprint density at radius 2 is 2.04 bits per heavy atom. The van der Waals surface area contributed by atoms with Crippen molar-refractivity contribution < 1.29 is 9.53 Å². The number of hydrogen-bond donors (Lipinski definition) is 1. The highest BCUT2D eigenvalue weighted by Crippen LogP contribution is 2.39. The van der Waals surface area contributed by atoms with Crippen LogP contribution in [0, 0.1) is 13.8 Å². The van der Waals surface area contributed by atoms with Crippen molar-refractivity contribution in [2.75, 3.05) is 0 Å². The second kappa shape index (κ2) is 6.08. The number of amides is 1. The molecule has 0 unspecified atom stereocenters. The van der Waals surface area contributed by atoms with Crippen LogP contribution in [-0.2, 0) is 7.05 Å². The van der Waals surface area contributed by atoms with Gasteiger partial charge in [-0.3, -0.25) is 9.48 Å². The maximum absolute atomic E-state index is 13.2. The largest absolute Gasteiger partial charge is 0.487 e. The van der Waals surface area contributed by atoms with E-state index in [1.54, 1.807) is 4.68 Å². The number of nitrogens with zero attached hydrogens (tertiary/aromatic N) is 3. The molecule has 6 heteroatoms. The number of hydrogen-bond acceptors (Lipinski definition) is 4. The Hall–Kier alpha value is -2.89. The molecule has 0 saturated carbocycles. The zero-order chi connectivity index (χ0) is 19.3. The molecule has 4 rings (SSSR count). The minimum atomic E-state index is -0.347. The lowest BCUT2D eigenvalue weighted by atomic mass is 9.89. The van der Waals surface area contributed by atoms with Gasteiger partial charge in [0.05, 0.1) is 22.7 Å². The zero-order valence-corrected chi connectivity index (χ0v) is 16.3. The number of nitrogens with one attached hydrogen (secondary N) is 1. The van der Waals surface area contributed by atoms with E-state index in [2.05, 4.69) is 15.4 Å². The van der Waals surface area contributed by atoms with Crippen LogP contribution in [0.25, 0.3) is 11.0 Å². The Kier molecular flexibility index (Phi) is 3.94. The number of rotatable bonds is 2. The number of aryl methyl sites for hydroxylation is 3. The molecule has 1 aromatic carbocycles. The van der Waals surface area contributed by atoms with Crippen LogP contribution in [0.1, 0.15) is 53.6 Å². The number of fused-ring (bicyclic) bond motifs is 2. The van der Waals surface area contributed by atoms with Crippen LogP contribution in [0.3, 0.4) is 0 Å². The summed E-state index contributed by atoms with van der Waals surface area (Å²) in [7, 11) is 1.85. The van der Waals surface area contributed by atoms with E-state index < -0.39 is 0 Å². The molecule has 3 heterocycles. The van der Waals surface area contributed by atoms with Crippen molar-refractivity contribution in [2.24, 2.45) is 7.05 Å². The van der Waals surface area contributed by atoms with Crippen molar-refractivity contribution in [3.8, 4) is 5.75 Å². The maximum Gasteiger partial charge on any atom is 0.252 e. The first-order valence-electron chi connectivity index (χ1n) is 9.15. The van der Waals surface area contributed by atoms with Crippen molar-refractivity contribution in [2.45, 2.75) is 45.8 Å². The SMILES string of the molecule is Cc1cc(C(=O)N[C@@H]2CC(C)(C)Oc3ccccc32)c2c(C)nn(C)c2n1. The fourth-order valence-corrected chi connectivity index (χ4v) is 3.92. The Bertz CT molecular complexity index is 1050. The van der Waals surface area contributed by atoms with Gasteiger partial charge in [0.2, 0.25) is 0 Å². The van der Waals surface area contributed by atoms with Crippen LogP contribution in [0.5, 0.6) is 5.75 Å². The summed E-state index contributed by atoms with van der Waals surface area (Å²) >= 11 is 0. The lowest BCUT2D eigenvalue weighted by Gasteiger charge is -2.37. The highest BCUT2D eigenvalue weighted by atomic mass is 16.5. The number of para-hydroxylation sites is 1. The molecule has 1 N–H and O–H groups in total. The van der Waals surface area contributed by atoms with E-state index in [1.165, 1.54) is 0 Å². The predicted molar refractivity (Wildman–Crippen MR) is 104 cm³/mol. The fourth-order valence-electron chi connectivity index (χ4n) is 3.92. The maximum atomic E-state index is 13.2. The lowest BCUT2D eigenvalue weighted by Crippen LogP contribution is -2.41. The van der Waals surface area contributed by atoms with E-state index in [9.17, 15) is 4.79 Å². The van der Waals surface area contributed by atoms with E-state index in [0.29, 0.717) is 12.0 Å². The van der Waals surface area contributed by atoms with Crippen LogP contribution in [0.15, 0.2) is 30.3 Å². The molecule has 27 heavy (non-hydrogen) atoms. The molecule has 1 aliphatic heterocycles. The summed E-state index contributed by atoms with van der Waals surface area (Å²) in [6, 6.07) is 9.61. The van der Waals surface area contributed by atoms with Gasteiger partial charge in [-0.25, -0.2) is 4.98 Å².